The summed E-state index contributed by atoms with van der Waals surface area (Å²) in [6, 6.07) is 8.53. The van der Waals surface area contributed by atoms with Crippen LogP contribution in [-0.4, -0.2) is 20.9 Å². The van der Waals surface area contributed by atoms with Crippen molar-refractivity contribution in [1.29, 1.82) is 0 Å². The Morgan fingerprint density at radius 2 is 1.73 bits per heavy atom. The number of phenolic OH excluding ortho intramolecular Hbond substituents is 1. The first-order valence-corrected chi connectivity index (χ1v) is 5.92. The number of benzene rings is 2. The Kier molecular flexibility index (Phi) is 3.98. The van der Waals surface area contributed by atoms with Gasteiger partial charge in [0.25, 0.3) is 17.3 Å². The molecule has 2 N–H and O–H groups in total. The number of aromatic hydroxyl groups is 1. The van der Waals surface area contributed by atoms with Crippen molar-refractivity contribution < 1.29 is 19.7 Å². The Hall–Kier alpha value is -3.49. The molecule has 0 saturated heterocycles. The van der Waals surface area contributed by atoms with Crippen LogP contribution in [0.15, 0.2) is 42.5 Å². The van der Waals surface area contributed by atoms with Gasteiger partial charge in [0.05, 0.1) is 21.6 Å². The van der Waals surface area contributed by atoms with Crippen LogP contribution < -0.4 is 5.32 Å². The van der Waals surface area contributed by atoms with E-state index in [9.17, 15) is 30.1 Å². The molecule has 0 heterocycles. The number of non-ortho nitro benzene ring substituents is 1. The third-order valence-electron chi connectivity index (χ3n) is 2.79. The predicted molar refractivity (Wildman–Crippen MR) is 75.8 cm³/mol. The van der Waals surface area contributed by atoms with Crippen molar-refractivity contribution in [1.82, 2.24) is 0 Å². The Bertz CT molecular complexity index is 774. The van der Waals surface area contributed by atoms with Crippen LogP contribution in [0.3, 0.4) is 0 Å². The van der Waals surface area contributed by atoms with Crippen LogP contribution in [0.5, 0.6) is 5.75 Å². The third-order valence-corrected chi connectivity index (χ3v) is 2.79. The molecule has 2 aromatic carbocycles. The average Bonchev–Trinajstić information content (AvgIpc) is 2.48. The van der Waals surface area contributed by atoms with Crippen LogP contribution in [0.2, 0.25) is 0 Å². The lowest BCUT2D eigenvalue weighted by Gasteiger charge is -2.07. The van der Waals surface area contributed by atoms with E-state index >= 15 is 0 Å². The van der Waals surface area contributed by atoms with Crippen molar-refractivity contribution in [2.24, 2.45) is 0 Å². The first-order chi connectivity index (χ1) is 10.4. The van der Waals surface area contributed by atoms with E-state index in [1.54, 1.807) is 12.1 Å². The SMILES string of the molecule is O=C(Nc1ccccc1O)c1ccc([N+](=O)[O-])cc1[N+](=O)[O-]. The van der Waals surface area contributed by atoms with Gasteiger partial charge < -0.3 is 10.4 Å². The molecule has 0 saturated carbocycles. The molecule has 0 unspecified atom stereocenters. The fraction of sp³-hybridized carbons (Fsp3) is 0. The van der Waals surface area contributed by atoms with Crippen molar-refractivity contribution >= 4 is 23.0 Å². The third kappa shape index (κ3) is 2.98. The van der Waals surface area contributed by atoms with E-state index in [-0.39, 0.29) is 17.0 Å². The number of phenols is 1. The predicted octanol–water partition coefficient (Wildman–Crippen LogP) is 2.46. The van der Waals surface area contributed by atoms with Gasteiger partial charge in [0.1, 0.15) is 11.3 Å². The van der Waals surface area contributed by atoms with Gasteiger partial charge in [0.2, 0.25) is 0 Å². The molecule has 1 amide bonds. The number of nitro benzene ring substituents is 2. The van der Waals surface area contributed by atoms with Gasteiger partial charge >= 0.3 is 0 Å². The molecule has 22 heavy (non-hydrogen) atoms. The summed E-state index contributed by atoms with van der Waals surface area (Å²) in [5.41, 5.74) is -1.47. The quantitative estimate of drug-likeness (QED) is 0.506. The molecule has 0 aromatic heterocycles. The van der Waals surface area contributed by atoms with Gasteiger partial charge in [0.15, 0.2) is 0 Å². The summed E-state index contributed by atoms with van der Waals surface area (Å²) in [5.74, 6) is -1.07. The summed E-state index contributed by atoms with van der Waals surface area (Å²) in [6.07, 6.45) is 0. The monoisotopic (exact) mass is 303 g/mol. The van der Waals surface area contributed by atoms with Crippen LogP contribution in [-0.2, 0) is 0 Å². The van der Waals surface area contributed by atoms with E-state index in [0.29, 0.717) is 6.07 Å². The number of hydrogen-bond donors (Lipinski definition) is 2. The van der Waals surface area contributed by atoms with Crippen molar-refractivity contribution in [2.45, 2.75) is 0 Å². The molecular formula is C13H9N3O6. The Morgan fingerprint density at radius 3 is 2.32 bits per heavy atom. The normalized spacial score (nSPS) is 10.0. The van der Waals surface area contributed by atoms with Gasteiger partial charge in [-0.05, 0) is 18.2 Å². The molecule has 0 radical (unpaired) electrons. The van der Waals surface area contributed by atoms with Crippen LogP contribution in [0, 0.1) is 20.2 Å². The van der Waals surface area contributed by atoms with E-state index in [1.807, 2.05) is 0 Å². The van der Waals surface area contributed by atoms with Gasteiger partial charge in [0, 0.05) is 6.07 Å². The molecule has 0 atom stereocenters. The van der Waals surface area contributed by atoms with Crippen molar-refractivity contribution in [3.05, 3.63) is 68.3 Å². The lowest BCUT2D eigenvalue weighted by atomic mass is 10.1. The fourth-order valence-corrected chi connectivity index (χ4v) is 1.75. The number of nitrogens with one attached hydrogen (secondary N) is 1. The molecule has 0 aliphatic rings. The van der Waals surface area contributed by atoms with Gasteiger partial charge in [-0.2, -0.15) is 0 Å². The summed E-state index contributed by atoms with van der Waals surface area (Å²) in [4.78, 5) is 32.0. The minimum Gasteiger partial charge on any atom is -0.506 e. The minimum atomic E-state index is -0.882. The molecule has 112 valence electrons. The van der Waals surface area contributed by atoms with Crippen molar-refractivity contribution in [3.8, 4) is 5.75 Å². The molecule has 0 fully saturated rings. The maximum absolute atomic E-state index is 12.1. The van der Waals surface area contributed by atoms with E-state index in [0.717, 1.165) is 12.1 Å². The summed E-state index contributed by atoms with van der Waals surface area (Å²) < 4.78 is 0. The summed E-state index contributed by atoms with van der Waals surface area (Å²) in [5, 5.41) is 33.5. The van der Waals surface area contributed by atoms with Crippen LogP contribution in [0.1, 0.15) is 10.4 Å². The van der Waals surface area contributed by atoms with Gasteiger partial charge in [-0.1, -0.05) is 12.1 Å². The van der Waals surface area contributed by atoms with Crippen molar-refractivity contribution in [3.63, 3.8) is 0 Å². The van der Waals surface area contributed by atoms with Gasteiger partial charge in [-0.15, -0.1) is 0 Å². The van der Waals surface area contributed by atoms with E-state index < -0.39 is 27.1 Å². The molecule has 2 rings (SSSR count). The van der Waals surface area contributed by atoms with Crippen LogP contribution >= 0.6 is 0 Å². The molecule has 9 heteroatoms. The second kappa shape index (κ2) is 5.87. The Labute approximate surface area is 123 Å². The highest BCUT2D eigenvalue weighted by Gasteiger charge is 2.24. The number of nitro groups is 2. The van der Waals surface area contributed by atoms with Gasteiger partial charge in [-0.25, -0.2) is 0 Å². The number of amides is 1. The van der Waals surface area contributed by atoms with E-state index in [2.05, 4.69) is 5.32 Å². The first-order valence-electron chi connectivity index (χ1n) is 5.92. The van der Waals surface area contributed by atoms with Crippen LogP contribution in [0.25, 0.3) is 0 Å². The molecule has 0 aliphatic heterocycles. The smallest absolute Gasteiger partial charge is 0.289 e. The molecular weight excluding hydrogens is 294 g/mol. The zero-order valence-corrected chi connectivity index (χ0v) is 10.9. The van der Waals surface area contributed by atoms with Crippen LogP contribution in [0.4, 0.5) is 17.1 Å². The highest BCUT2D eigenvalue weighted by Crippen LogP contribution is 2.27. The lowest BCUT2D eigenvalue weighted by Crippen LogP contribution is -2.14. The molecule has 0 spiro atoms. The molecule has 2 aromatic rings. The molecule has 0 bridgehead atoms. The zero-order chi connectivity index (χ0) is 16.3. The number of para-hydroxylation sites is 2. The standard InChI is InChI=1S/C13H9N3O6/c17-12-4-2-1-3-10(12)14-13(18)9-6-5-8(15(19)20)7-11(9)16(21)22/h1-7,17H,(H,14,18). The number of rotatable bonds is 4. The number of carbonyl (C=O) groups excluding carboxylic acids is 1. The van der Waals surface area contributed by atoms with E-state index in [4.69, 9.17) is 0 Å². The largest absolute Gasteiger partial charge is 0.506 e. The van der Waals surface area contributed by atoms with Gasteiger partial charge in [-0.3, -0.25) is 25.0 Å². The summed E-state index contributed by atoms with van der Waals surface area (Å²) in [7, 11) is 0. The second-order valence-electron chi connectivity index (χ2n) is 4.19. The molecule has 0 aliphatic carbocycles. The zero-order valence-electron chi connectivity index (χ0n) is 10.9. The number of hydrogen-bond acceptors (Lipinski definition) is 6. The maximum atomic E-state index is 12.1. The topological polar surface area (TPSA) is 136 Å². The second-order valence-corrected chi connectivity index (χ2v) is 4.19. The Morgan fingerprint density at radius 1 is 1.05 bits per heavy atom. The summed E-state index contributed by atoms with van der Waals surface area (Å²) in [6.45, 7) is 0. The minimum absolute atomic E-state index is 0.0696. The number of carbonyl (C=O) groups is 1. The highest BCUT2D eigenvalue weighted by atomic mass is 16.6. The maximum Gasteiger partial charge on any atom is 0.289 e. The molecule has 9 nitrogen and oxygen atoms in total. The summed E-state index contributed by atoms with van der Waals surface area (Å²) >= 11 is 0. The lowest BCUT2D eigenvalue weighted by molar-refractivity contribution is -0.394. The van der Waals surface area contributed by atoms with E-state index in [1.165, 1.54) is 12.1 Å². The number of nitrogens with zero attached hydrogens (tertiary/aromatic N) is 2. The average molecular weight is 303 g/mol. The first kappa shape index (κ1) is 14.9. The number of anilines is 1. The van der Waals surface area contributed by atoms with Crippen molar-refractivity contribution in [2.75, 3.05) is 5.32 Å². The Balaban J connectivity index is 2.39. The fourth-order valence-electron chi connectivity index (χ4n) is 1.75. The highest BCUT2D eigenvalue weighted by molar-refractivity contribution is 6.07.